The van der Waals surface area contributed by atoms with Gasteiger partial charge in [-0.3, -0.25) is 0 Å². The number of phenolic OH excluding ortho intramolecular Hbond substituents is 1. The molecule has 0 unspecified atom stereocenters. The lowest BCUT2D eigenvalue weighted by Gasteiger charge is -2.26. The third-order valence-corrected chi connectivity index (χ3v) is 2.35. The van der Waals surface area contributed by atoms with Crippen LogP contribution in [0.5, 0.6) is 5.75 Å². The fourth-order valence-electron chi connectivity index (χ4n) is 0.726. The van der Waals surface area contributed by atoms with Crippen LogP contribution < -0.4 is 0 Å². The Hall–Kier alpha value is -0.700. The second-order valence-corrected chi connectivity index (χ2v) is 4.62. The molecular weight excluding hydrogens is 314 g/mol. The molecule has 9 heteroatoms. The molecule has 1 aromatic rings. The minimum Gasteiger partial charge on any atom is -0.508 e. The third-order valence-electron chi connectivity index (χ3n) is 1.79. The summed E-state index contributed by atoms with van der Waals surface area (Å²) in [5.41, 5.74) is 1.17. The Kier molecular flexibility index (Phi) is 5.94. The number of aryl methyl sites for hydroxylation is 1. The molecule has 19 heavy (non-hydrogen) atoms. The van der Waals surface area contributed by atoms with E-state index in [1.807, 2.05) is 44.3 Å². The molecule has 0 atom stereocenters. The van der Waals surface area contributed by atoms with Gasteiger partial charge < -0.3 is 5.11 Å². The molecule has 0 aliphatic carbocycles. The summed E-state index contributed by atoms with van der Waals surface area (Å²) in [5, 5.41) is -1.41. The largest absolute Gasteiger partial charge is 0.508 e. The standard InChI is InChI=1S/C7H8O.C3H2F6S2/c1-6-2-4-7(8)5-3-6;4-1(5,2(6,7)10)3(8,9)11/h2-5,8H,1H3;10-11H. The smallest absolute Gasteiger partial charge is 0.390 e. The Bertz CT molecular complexity index is 359. The van der Waals surface area contributed by atoms with E-state index in [-0.39, 0.29) is 0 Å². The van der Waals surface area contributed by atoms with E-state index in [9.17, 15) is 26.3 Å². The quantitative estimate of drug-likeness (QED) is 0.545. The minimum atomic E-state index is -5.56. The Morgan fingerprint density at radius 2 is 1.16 bits per heavy atom. The molecule has 0 saturated carbocycles. The molecular formula is C10H10F6OS2. The monoisotopic (exact) mass is 324 g/mol. The van der Waals surface area contributed by atoms with Crippen molar-refractivity contribution in [2.75, 3.05) is 0 Å². The van der Waals surface area contributed by atoms with Crippen molar-refractivity contribution < 1.29 is 31.4 Å². The SMILES string of the molecule is Cc1ccc(O)cc1.FC(F)(S)C(F)(F)C(F)(F)S. The molecule has 0 fully saturated rings. The molecule has 0 aromatic heterocycles. The average Bonchev–Trinajstić information content (AvgIpc) is 2.20. The van der Waals surface area contributed by atoms with Gasteiger partial charge in [0, 0.05) is 0 Å². The summed E-state index contributed by atoms with van der Waals surface area (Å²) in [7, 11) is 0. The molecule has 0 heterocycles. The van der Waals surface area contributed by atoms with Crippen LogP contribution in [0.25, 0.3) is 0 Å². The highest BCUT2D eigenvalue weighted by Crippen LogP contribution is 2.49. The first-order chi connectivity index (χ1) is 8.29. The lowest BCUT2D eigenvalue weighted by molar-refractivity contribution is -0.235. The molecule has 0 saturated heterocycles. The molecule has 0 bridgehead atoms. The summed E-state index contributed by atoms with van der Waals surface area (Å²) >= 11 is 4.03. The van der Waals surface area contributed by atoms with E-state index < -0.39 is 16.4 Å². The predicted octanol–water partition coefficient (Wildman–Crippen LogP) is 4.37. The lowest BCUT2D eigenvalue weighted by Crippen LogP contribution is -2.48. The van der Waals surface area contributed by atoms with Crippen molar-refractivity contribution in [3.05, 3.63) is 29.8 Å². The summed E-state index contributed by atoms with van der Waals surface area (Å²) in [6, 6.07) is 7.09. The minimum absolute atomic E-state index is 0.329. The number of aromatic hydroxyl groups is 1. The Labute approximate surface area is 116 Å². The van der Waals surface area contributed by atoms with Crippen molar-refractivity contribution in [2.24, 2.45) is 0 Å². The first-order valence-electron chi connectivity index (χ1n) is 4.63. The first-order valence-corrected chi connectivity index (χ1v) is 5.52. The molecule has 0 aliphatic rings. The Balaban J connectivity index is 0.000000356. The number of alkyl halides is 6. The average molecular weight is 324 g/mol. The van der Waals surface area contributed by atoms with Crippen LogP contribution in [0.4, 0.5) is 26.3 Å². The fraction of sp³-hybridized carbons (Fsp3) is 0.400. The number of rotatable bonds is 2. The van der Waals surface area contributed by atoms with E-state index in [4.69, 9.17) is 5.11 Å². The van der Waals surface area contributed by atoms with Crippen LogP contribution in [0, 0.1) is 6.92 Å². The number of phenols is 1. The first kappa shape index (κ1) is 18.3. The number of hydrogen-bond donors (Lipinski definition) is 3. The topological polar surface area (TPSA) is 20.2 Å². The van der Waals surface area contributed by atoms with Crippen LogP contribution in [0.3, 0.4) is 0 Å². The van der Waals surface area contributed by atoms with Crippen LogP contribution in [0.1, 0.15) is 5.56 Å². The van der Waals surface area contributed by atoms with Gasteiger partial charge in [0.05, 0.1) is 0 Å². The van der Waals surface area contributed by atoms with Crippen LogP contribution in [-0.2, 0) is 0 Å². The van der Waals surface area contributed by atoms with Crippen LogP contribution >= 0.6 is 25.3 Å². The van der Waals surface area contributed by atoms with Crippen molar-refractivity contribution in [3.8, 4) is 5.75 Å². The van der Waals surface area contributed by atoms with Gasteiger partial charge in [0.25, 0.3) is 0 Å². The van der Waals surface area contributed by atoms with E-state index in [1.165, 1.54) is 5.56 Å². The van der Waals surface area contributed by atoms with Gasteiger partial charge in [0.1, 0.15) is 5.75 Å². The highest BCUT2D eigenvalue weighted by atomic mass is 32.1. The summed E-state index contributed by atoms with van der Waals surface area (Å²) < 4.78 is 69.9. The van der Waals surface area contributed by atoms with E-state index >= 15 is 0 Å². The van der Waals surface area contributed by atoms with Gasteiger partial charge in [-0.15, -0.1) is 0 Å². The molecule has 0 aliphatic heterocycles. The normalized spacial score (nSPS) is 12.7. The van der Waals surface area contributed by atoms with Gasteiger partial charge in [-0.05, 0) is 19.1 Å². The van der Waals surface area contributed by atoms with Gasteiger partial charge in [0.15, 0.2) is 0 Å². The number of hydrogen-bond acceptors (Lipinski definition) is 3. The van der Waals surface area contributed by atoms with Crippen molar-refractivity contribution in [2.45, 2.75) is 23.4 Å². The molecule has 1 aromatic carbocycles. The zero-order valence-electron chi connectivity index (χ0n) is 9.42. The third kappa shape index (κ3) is 5.43. The summed E-state index contributed by atoms with van der Waals surface area (Å²) in [4.78, 5) is 0. The van der Waals surface area contributed by atoms with Crippen LogP contribution in [0.15, 0.2) is 24.3 Å². The Morgan fingerprint density at radius 3 is 1.32 bits per heavy atom. The van der Waals surface area contributed by atoms with Crippen molar-refractivity contribution in [1.29, 1.82) is 0 Å². The molecule has 110 valence electrons. The highest BCUT2D eigenvalue weighted by molar-refractivity contribution is 7.82. The Morgan fingerprint density at radius 1 is 0.842 bits per heavy atom. The van der Waals surface area contributed by atoms with Crippen molar-refractivity contribution in [3.63, 3.8) is 0 Å². The molecule has 0 radical (unpaired) electrons. The molecule has 1 nitrogen and oxygen atoms in total. The van der Waals surface area contributed by atoms with Gasteiger partial charge >= 0.3 is 16.4 Å². The fourth-order valence-corrected chi connectivity index (χ4v) is 1.09. The molecule has 0 amide bonds. The molecule has 1 rings (SSSR count). The maximum atomic E-state index is 11.8. The summed E-state index contributed by atoms with van der Waals surface area (Å²) in [5.74, 6) is -5.23. The van der Waals surface area contributed by atoms with Crippen LogP contribution in [0.2, 0.25) is 0 Å². The molecule has 0 spiro atoms. The number of halogens is 6. The number of benzene rings is 1. The number of thiol groups is 2. The van der Waals surface area contributed by atoms with E-state index in [0.29, 0.717) is 5.75 Å². The summed E-state index contributed by atoms with van der Waals surface area (Å²) in [6.45, 7) is 1.99. The maximum Gasteiger partial charge on any atom is 0.390 e. The zero-order valence-corrected chi connectivity index (χ0v) is 11.2. The molecule has 1 N–H and O–H groups in total. The van der Waals surface area contributed by atoms with Crippen molar-refractivity contribution >= 4 is 25.3 Å². The van der Waals surface area contributed by atoms with E-state index in [0.717, 1.165) is 0 Å². The van der Waals surface area contributed by atoms with Gasteiger partial charge in [0.2, 0.25) is 0 Å². The van der Waals surface area contributed by atoms with Crippen molar-refractivity contribution in [1.82, 2.24) is 0 Å². The van der Waals surface area contributed by atoms with E-state index in [1.54, 1.807) is 12.1 Å². The second kappa shape index (κ2) is 6.17. The van der Waals surface area contributed by atoms with Gasteiger partial charge in [-0.25, -0.2) is 0 Å². The van der Waals surface area contributed by atoms with Gasteiger partial charge in [-0.2, -0.15) is 26.3 Å². The van der Waals surface area contributed by atoms with E-state index in [2.05, 4.69) is 0 Å². The summed E-state index contributed by atoms with van der Waals surface area (Å²) in [6.07, 6.45) is 0. The maximum absolute atomic E-state index is 11.8. The van der Waals surface area contributed by atoms with Crippen LogP contribution in [-0.4, -0.2) is 21.5 Å². The zero-order chi connectivity index (χ0) is 15.5. The predicted molar refractivity (Wildman–Crippen MR) is 65.7 cm³/mol. The lowest BCUT2D eigenvalue weighted by atomic mass is 10.2. The highest BCUT2D eigenvalue weighted by Gasteiger charge is 2.68. The van der Waals surface area contributed by atoms with Gasteiger partial charge in [-0.1, -0.05) is 43.0 Å². The second-order valence-electron chi connectivity index (χ2n) is 3.49.